The number of anilines is 1. The summed E-state index contributed by atoms with van der Waals surface area (Å²) in [7, 11) is 1.61. The minimum absolute atomic E-state index is 0.0114. The molecular formula is C17H26N4O4. The van der Waals surface area contributed by atoms with Crippen molar-refractivity contribution in [3.8, 4) is 5.88 Å². The highest BCUT2D eigenvalue weighted by Gasteiger charge is 2.28. The van der Waals surface area contributed by atoms with Gasteiger partial charge < -0.3 is 24.0 Å². The molecule has 0 aliphatic carbocycles. The molecule has 0 bridgehead atoms. The first-order valence-corrected chi connectivity index (χ1v) is 8.84. The van der Waals surface area contributed by atoms with E-state index in [4.69, 9.17) is 14.2 Å². The number of amides is 1. The molecule has 0 radical (unpaired) electrons. The van der Waals surface area contributed by atoms with E-state index in [2.05, 4.69) is 14.9 Å². The summed E-state index contributed by atoms with van der Waals surface area (Å²) in [5, 5.41) is 0. The molecule has 2 aliphatic rings. The summed E-state index contributed by atoms with van der Waals surface area (Å²) in [6, 6.07) is 1.89. The van der Waals surface area contributed by atoms with Crippen molar-refractivity contribution in [2.75, 3.05) is 58.0 Å². The standard InChI is InChI=1S/C17H26N4O4/c1-23-8-9-24-12-17(22)21-7-4-14(11-21)25-16-10-15(18-13-19-16)20-5-2-3-6-20/h10,13-14H,2-9,11-12H2,1H3. The van der Waals surface area contributed by atoms with E-state index in [1.807, 2.05) is 6.07 Å². The Morgan fingerprint density at radius 2 is 2.08 bits per heavy atom. The van der Waals surface area contributed by atoms with Crippen molar-refractivity contribution in [2.24, 2.45) is 0 Å². The lowest BCUT2D eigenvalue weighted by Crippen LogP contribution is -2.34. The van der Waals surface area contributed by atoms with Crippen LogP contribution in [0.4, 0.5) is 5.82 Å². The maximum atomic E-state index is 12.1. The fourth-order valence-electron chi connectivity index (χ4n) is 3.13. The molecule has 1 aromatic rings. The van der Waals surface area contributed by atoms with E-state index in [9.17, 15) is 4.79 Å². The van der Waals surface area contributed by atoms with Gasteiger partial charge in [0.15, 0.2) is 0 Å². The van der Waals surface area contributed by atoms with E-state index < -0.39 is 0 Å². The SMILES string of the molecule is COCCOCC(=O)N1CCC(Oc2cc(N3CCCC3)ncn2)C1. The molecule has 3 rings (SSSR count). The molecule has 1 atom stereocenters. The first-order chi connectivity index (χ1) is 12.3. The molecule has 2 saturated heterocycles. The maximum absolute atomic E-state index is 12.1. The van der Waals surface area contributed by atoms with Crippen molar-refractivity contribution < 1.29 is 19.0 Å². The number of ether oxygens (including phenoxy) is 3. The molecule has 3 heterocycles. The molecule has 0 aromatic carbocycles. The third kappa shape index (κ3) is 5.02. The second kappa shape index (κ2) is 8.96. The van der Waals surface area contributed by atoms with Crippen LogP contribution in [0.2, 0.25) is 0 Å². The lowest BCUT2D eigenvalue weighted by molar-refractivity contribution is -0.135. The molecule has 0 saturated carbocycles. The number of methoxy groups -OCH3 is 1. The molecule has 1 amide bonds. The molecule has 2 aliphatic heterocycles. The summed E-state index contributed by atoms with van der Waals surface area (Å²) in [5.41, 5.74) is 0. The van der Waals surface area contributed by atoms with Gasteiger partial charge in [-0.2, -0.15) is 0 Å². The van der Waals surface area contributed by atoms with Crippen LogP contribution in [0, 0.1) is 0 Å². The number of likely N-dealkylation sites (tertiary alicyclic amines) is 1. The summed E-state index contributed by atoms with van der Waals surface area (Å²) in [4.78, 5) is 24.7. The van der Waals surface area contributed by atoms with E-state index >= 15 is 0 Å². The zero-order chi connectivity index (χ0) is 17.5. The number of aromatic nitrogens is 2. The van der Waals surface area contributed by atoms with Gasteiger partial charge in [0.05, 0.1) is 19.8 Å². The Morgan fingerprint density at radius 1 is 1.24 bits per heavy atom. The highest BCUT2D eigenvalue weighted by Crippen LogP contribution is 2.22. The minimum Gasteiger partial charge on any atom is -0.472 e. The number of nitrogens with zero attached hydrogens (tertiary/aromatic N) is 4. The van der Waals surface area contributed by atoms with Gasteiger partial charge in [-0.25, -0.2) is 9.97 Å². The van der Waals surface area contributed by atoms with Crippen molar-refractivity contribution in [3.63, 3.8) is 0 Å². The minimum atomic E-state index is -0.0377. The van der Waals surface area contributed by atoms with Crippen LogP contribution < -0.4 is 9.64 Å². The molecule has 25 heavy (non-hydrogen) atoms. The van der Waals surface area contributed by atoms with Crippen LogP contribution >= 0.6 is 0 Å². The number of carbonyl (C=O) groups excluding carboxylic acids is 1. The number of rotatable bonds is 8. The van der Waals surface area contributed by atoms with E-state index in [0.29, 0.717) is 32.2 Å². The second-order valence-corrected chi connectivity index (χ2v) is 6.32. The van der Waals surface area contributed by atoms with E-state index in [1.54, 1.807) is 18.3 Å². The van der Waals surface area contributed by atoms with Crippen LogP contribution in [-0.2, 0) is 14.3 Å². The largest absolute Gasteiger partial charge is 0.472 e. The number of hydrogen-bond donors (Lipinski definition) is 0. The van der Waals surface area contributed by atoms with Crippen molar-refractivity contribution in [1.29, 1.82) is 0 Å². The van der Waals surface area contributed by atoms with E-state index in [0.717, 1.165) is 25.3 Å². The van der Waals surface area contributed by atoms with Crippen molar-refractivity contribution in [3.05, 3.63) is 12.4 Å². The van der Waals surface area contributed by atoms with Gasteiger partial charge in [-0.3, -0.25) is 4.79 Å². The van der Waals surface area contributed by atoms with Gasteiger partial charge in [0, 0.05) is 39.2 Å². The summed E-state index contributed by atoms with van der Waals surface area (Å²) in [5.74, 6) is 1.48. The molecule has 8 nitrogen and oxygen atoms in total. The molecule has 2 fully saturated rings. The summed E-state index contributed by atoms with van der Waals surface area (Å²) in [6.07, 6.45) is 4.71. The third-order valence-electron chi connectivity index (χ3n) is 4.50. The van der Waals surface area contributed by atoms with Gasteiger partial charge in [0.25, 0.3) is 0 Å². The average Bonchev–Trinajstić information content (AvgIpc) is 3.31. The summed E-state index contributed by atoms with van der Waals surface area (Å²) >= 11 is 0. The molecular weight excluding hydrogens is 324 g/mol. The van der Waals surface area contributed by atoms with Gasteiger partial charge in [-0.1, -0.05) is 0 Å². The van der Waals surface area contributed by atoms with Gasteiger partial charge in [-0.05, 0) is 12.8 Å². The van der Waals surface area contributed by atoms with Crippen LogP contribution in [0.15, 0.2) is 12.4 Å². The monoisotopic (exact) mass is 350 g/mol. The first-order valence-electron chi connectivity index (χ1n) is 8.84. The Morgan fingerprint density at radius 3 is 2.88 bits per heavy atom. The molecule has 0 N–H and O–H groups in total. The second-order valence-electron chi connectivity index (χ2n) is 6.32. The lowest BCUT2D eigenvalue weighted by Gasteiger charge is -2.19. The van der Waals surface area contributed by atoms with Crippen LogP contribution in [0.25, 0.3) is 0 Å². The summed E-state index contributed by atoms with van der Waals surface area (Å²) in [6.45, 7) is 4.32. The quantitative estimate of drug-likeness (QED) is 0.639. The molecule has 138 valence electrons. The third-order valence-corrected chi connectivity index (χ3v) is 4.50. The maximum Gasteiger partial charge on any atom is 0.248 e. The molecule has 1 unspecified atom stereocenters. The van der Waals surface area contributed by atoms with Gasteiger partial charge in [-0.15, -0.1) is 0 Å². The molecule has 1 aromatic heterocycles. The lowest BCUT2D eigenvalue weighted by atomic mass is 10.3. The smallest absolute Gasteiger partial charge is 0.248 e. The average molecular weight is 350 g/mol. The Hall–Kier alpha value is -1.93. The zero-order valence-corrected chi connectivity index (χ0v) is 14.7. The fraction of sp³-hybridized carbons (Fsp3) is 0.706. The first kappa shape index (κ1) is 17.9. The van der Waals surface area contributed by atoms with Crippen LogP contribution in [0.5, 0.6) is 5.88 Å². The Bertz CT molecular complexity index is 565. The van der Waals surface area contributed by atoms with Crippen LogP contribution in [0.1, 0.15) is 19.3 Å². The van der Waals surface area contributed by atoms with Crippen molar-refractivity contribution >= 4 is 11.7 Å². The highest BCUT2D eigenvalue weighted by atomic mass is 16.5. The van der Waals surface area contributed by atoms with Crippen LogP contribution in [0.3, 0.4) is 0 Å². The molecule has 0 spiro atoms. The summed E-state index contributed by atoms with van der Waals surface area (Å²) < 4.78 is 16.2. The van der Waals surface area contributed by atoms with Gasteiger partial charge in [0.1, 0.15) is 24.9 Å². The normalized spacial score (nSPS) is 20.3. The van der Waals surface area contributed by atoms with Gasteiger partial charge >= 0.3 is 0 Å². The number of hydrogen-bond acceptors (Lipinski definition) is 7. The van der Waals surface area contributed by atoms with Crippen molar-refractivity contribution in [1.82, 2.24) is 14.9 Å². The Kier molecular flexibility index (Phi) is 6.41. The number of carbonyl (C=O) groups is 1. The predicted octanol–water partition coefficient (Wildman–Crippen LogP) is 0.720. The van der Waals surface area contributed by atoms with E-state index in [1.165, 1.54) is 12.8 Å². The molecule has 8 heteroatoms. The van der Waals surface area contributed by atoms with Crippen LogP contribution in [-0.4, -0.2) is 80.0 Å². The Labute approximate surface area is 148 Å². The van der Waals surface area contributed by atoms with Gasteiger partial charge in [0.2, 0.25) is 11.8 Å². The predicted molar refractivity (Wildman–Crippen MR) is 91.8 cm³/mol. The zero-order valence-electron chi connectivity index (χ0n) is 14.7. The highest BCUT2D eigenvalue weighted by molar-refractivity contribution is 5.77. The topological polar surface area (TPSA) is 77.0 Å². The fourth-order valence-corrected chi connectivity index (χ4v) is 3.13. The van der Waals surface area contributed by atoms with E-state index in [-0.39, 0.29) is 18.6 Å². The Balaban J connectivity index is 1.46. The van der Waals surface area contributed by atoms with Crippen molar-refractivity contribution in [2.45, 2.75) is 25.4 Å².